The summed E-state index contributed by atoms with van der Waals surface area (Å²) in [5.41, 5.74) is -0.997. The van der Waals surface area contributed by atoms with Gasteiger partial charge in [-0.05, 0) is 47.6 Å². The van der Waals surface area contributed by atoms with Crippen LogP contribution in [0.15, 0.2) is 36.9 Å². The van der Waals surface area contributed by atoms with Gasteiger partial charge in [0.2, 0.25) is 11.8 Å². The molecule has 0 radical (unpaired) electrons. The van der Waals surface area contributed by atoms with E-state index in [1.807, 2.05) is 20.8 Å². The van der Waals surface area contributed by atoms with E-state index in [1.54, 1.807) is 39.0 Å². The highest BCUT2D eigenvalue weighted by atomic mass is 16.6. The summed E-state index contributed by atoms with van der Waals surface area (Å²) >= 11 is 0. The molecule has 0 saturated heterocycles. The standard InChI is InChI=1S/C22H33N3O5/c1-8-13-25(17(27)14-23-20(29)30-22(5,6)7)18(19(28)24-21(2,3)4)15-11-9-10-12-16(15)26/h8-12,18,26H,1,13-14H2,2-7H3,(H,23,29)(H,24,28). The molecule has 1 unspecified atom stereocenters. The molecular weight excluding hydrogens is 386 g/mol. The summed E-state index contributed by atoms with van der Waals surface area (Å²) < 4.78 is 5.15. The average Bonchev–Trinajstić information content (AvgIpc) is 2.57. The number of aromatic hydroxyl groups is 1. The van der Waals surface area contributed by atoms with Crippen LogP contribution in [0.4, 0.5) is 4.79 Å². The summed E-state index contributed by atoms with van der Waals surface area (Å²) in [6.07, 6.45) is 0.732. The normalized spacial score (nSPS) is 12.5. The maximum atomic E-state index is 13.1. The van der Waals surface area contributed by atoms with Gasteiger partial charge in [-0.1, -0.05) is 24.3 Å². The molecule has 0 fully saturated rings. The zero-order valence-electron chi connectivity index (χ0n) is 18.6. The lowest BCUT2D eigenvalue weighted by Crippen LogP contribution is -2.51. The second kappa shape index (κ2) is 10.1. The van der Waals surface area contributed by atoms with Crippen LogP contribution in [0.5, 0.6) is 5.75 Å². The number of carbonyl (C=O) groups excluding carboxylic acids is 3. The van der Waals surface area contributed by atoms with E-state index in [0.29, 0.717) is 0 Å². The van der Waals surface area contributed by atoms with Crippen molar-refractivity contribution in [3.05, 3.63) is 42.5 Å². The van der Waals surface area contributed by atoms with Crippen LogP contribution in [0, 0.1) is 0 Å². The van der Waals surface area contributed by atoms with E-state index in [-0.39, 0.29) is 24.4 Å². The number of rotatable bonds is 7. The quantitative estimate of drug-likeness (QED) is 0.589. The third-order valence-electron chi connectivity index (χ3n) is 3.72. The van der Waals surface area contributed by atoms with Crippen molar-refractivity contribution in [3.8, 4) is 5.75 Å². The van der Waals surface area contributed by atoms with Crippen LogP contribution in [0.3, 0.4) is 0 Å². The van der Waals surface area contributed by atoms with Crippen molar-refractivity contribution in [1.82, 2.24) is 15.5 Å². The fourth-order valence-corrected chi connectivity index (χ4v) is 2.66. The van der Waals surface area contributed by atoms with Crippen molar-refractivity contribution >= 4 is 17.9 Å². The fraction of sp³-hybridized carbons (Fsp3) is 0.500. The Morgan fingerprint density at radius 1 is 1.17 bits per heavy atom. The summed E-state index contributed by atoms with van der Waals surface area (Å²) in [5.74, 6) is -1.11. The van der Waals surface area contributed by atoms with Gasteiger partial charge in [0, 0.05) is 17.6 Å². The van der Waals surface area contributed by atoms with E-state index < -0.39 is 35.1 Å². The van der Waals surface area contributed by atoms with Crippen molar-refractivity contribution in [2.75, 3.05) is 13.1 Å². The topological polar surface area (TPSA) is 108 Å². The minimum Gasteiger partial charge on any atom is -0.508 e. The SMILES string of the molecule is C=CCN(C(=O)CNC(=O)OC(C)(C)C)C(C(=O)NC(C)(C)C)c1ccccc1O. The van der Waals surface area contributed by atoms with Gasteiger partial charge in [0.25, 0.3) is 0 Å². The number of phenols is 1. The molecule has 0 bridgehead atoms. The molecule has 1 aromatic carbocycles. The molecule has 0 aromatic heterocycles. The molecule has 166 valence electrons. The zero-order chi connectivity index (χ0) is 23.1. The Morgan fingerprint density at radius 2 is 1.77 bits per heavy atom. The van der Waals surface area contributed by atoms with Gasteiger partial charge in [0.15, 0.2) is 0 Å². The van der Waals surface area contributed by atoms with Crippen molar-refractivity contribution in [3.63, 3.8) is 0 Å². The summed E-state index contributed by atoms with van der Waals surface area (Å²) in [7, 11) is 0. The minimum atomic E-state index is -1.11. The summed E-state index contributed by atoms with van der Waals surface area (Å²) in [4.78, 5) is 39.2. The molecule has 3 N–H and O–H groups in total. The van der Waals surface area contributed by atoms with Gasteiger partial charge in [0.1, 0.15) is 23.9 Å². The van der Waals surface area contributed by atoms with Crippen LogP contribution in [0.2, 0.25) is 0 Å². The highest BCUT2D eigenvalue weighted by Crippen LogP contribution is 2.29. The van der Waals surface area contributed by atoms with Crippen molar-refractivity contribution in [2.45, 2.75) is 58.7 Å². The molecule has 0 saturated carbocycles. The van der Waals surface area contributed by atoms with E-state index in [1.165, 1.54) is 17.0 Å². The van der Waals surface area contributed by atoms with Gasteiger partial charge in [-0.2, -0.15) is 0 Å². The molecular formula is C22H33N3O5. The lowest BCUT2D eigenvalue weighted by molar-refractivity contribution is -0.140. The van der Waals surface area contributed by atoms with Crippen molar-refractivity contribution in [2.24, 2.45) is 0 Å². The predicted molar refractivity (Wildman–Crippen MR) is 115 cm³/mol. The van der Waals surface area contributed by atoms with E-state index in [2.05, 4.69) is 17.2 Å². The molecule has 0 aliphatic heterocycles. The molecule has 1 rings (SSSR count). The highest BCUT2D eigenvalue weighted by molar-refractivity contribution is 5.91. The van der Waals surface area contributed by atoms with Gasteiger partial charge < -0.3 is 25.4 Å². The second-order valence-corrected chi connectivity index (χ2v) is 8.89. The van der Waals surface area contributed by atoms with E-state index in [0.717, 1.165) is 0 Å². The number of nitrogens with one attached hydrogen (secondary N) is 2. The Balaban J connectivity index is 3.19. The molecule has 0 spiro atoms. The first-order valence-electron chi connectivity index (χ1n) is 9.72. The number of hydrogen-bond donors (Lipinski definition) is 3. The average molecular weight is 420 g/mol. The fourth-order valence-electron chi connectivity index (χ4n) is 2.66. The molecule has 3 amide bonds. The summed E-state index contributed by atoms with van der Waals surface area (Å²) in [6, 6.07) is 5.20. The summed E-state index contributed by atoms with van der Waals surface area (Å²) in [6.45, 7) is 13.9. The number of benzene rings is 1. The zero-order valence-corrected chi connectivity index (χ0v) is 18.6. The third kappa shape index (κ3) is 8.14. The maximum Gasteiger partial charge on any atom is 0.408 e. The van der Waals surface area contributed by atoms with Crippen LogP contribution >= 0.6 is 0 Å². The maximum absolute atomic E-state index is 13.1. The van der Waals surface area contributed by atoms with E-state index >= 15 is 0 Å². The van der Waals surface area contributed by atoms with Crippen molar-refractivity contribution in [1.29, 1.82) is 0 Å². The number of para-hydroxylation sites is 1. The molecule has 0 heterocycles. The van der Waals surface area contributed by atoms with Gasteiger partial charge >= 0.3 is 6.09 Å². The van der Waals surface area contributed by atoms with Gasteiger partial charge in [-0.15, -0.1) is 6.58 Å². The first kappa shape index (κ1) is 25.0. The highest BCUT2D eigenvalue weighted by Gasteiger charge is 2.34. The Labute approximate surface area is 178 Å². The van der Waals surface area contributed by atoms with Crippen LogP contribution in [0.1, 0.15) is 53.1 Å². The Morgan fingerprint density at radius 3 is 2.27 bits per heavy atom. The number of ether oxygens (including phenoxy) is 1. The Hall–Kier alpha value is -3.03. The van der Waals surface area contributed by atoms with Crippen LogP contribution in [0.25, 0.3) is 0 Å². The number of nitrogens with zero attached hydrogens (tertiary/aromatic N) is 1. The van der Waals surface area contributed by atoms with Gasteiger partial charge in [-0.3, -0.25) is 9.59 Å². The molecule has 0 aliphatic rings. The molecule has 8 nitrogen and oxygen atoms in total. The smallest absolute Gasteiger partial charge is 0.408 e. The first-order valence-corrected chi connectivity index (χ1v) is 9.72. The monoisotopic (exact) mass is 419 g/mol. The minimum absolute atomic E-state index is 0.0331. The number of carbonyl (C=O) groups is 3. The molecule has 30 heavy (non-hydrogen) atoms. The van der Waals surface area contributed by atoms with Crippen LogP contribution in [-0.4, -0.2) is 52.1 Å². The predicted octanol–water partition coefficient (Wildman–Crippen LogP) is 2.89. The van der Waals surface area contributed by atoms with E-state index in [4.69, 9.17) is 4.74 Å². The third-order valence-corrected chi connectivity index (χ3v) is 3.72. The van der Waals surface area contributed by atoms with Crippen LogP contribution in [-0.2, 0) is 14.3 Å². The number of alkyl carbamates (subject to hydrolysis) is 1. The van der Waals surface area contributed by atoms with Crippen molar-refractivity contribution < 1.29 is 24.2 Å². The Bertz CT molecular complexity index is 778. The first-order chi connectivity index (χ1) is 13.7. The molecule has 1 aromatic rings. The van der Waals surface area contributed by atoms with Gasteiger partial charge in [-0.25, -0.2) is 4.79 Å². The lowest BCUT2D eigenvalue weighted by Gasteiger charge is -2.33. The van der Waals surface area contributed by atoms with E-state index in [9.17, 15) is 19.5 Å². The molecule has 0 aliphatic carbocycles. The van der Waals surface area contributed by atoms with Gasteiger partial charge in [0.05, 0.1) is 0 Å². The number of phenolic OH excluding ortho intramolecular Hbond substituents is 1. The number of hydrogen-bond acceptors (Lipinski definition) is 5. The lowest BCUT2D eigenvalue weighted by atomic mass is 10.0. The molecule has 1 atom stereocenters. The van der Waals surface area contributed by atoms with Crippen LogP contribution < -0.4 is 10.6 Å². The summed E-state index contributed by atoms with van der Waals surface area (Å²) in [5, 5.41) is 15.6. The second-order valence-electron chi connectivity index (χ2n) is 8.89. The largest absolute Gasteiger partial charge is 0.508 e. The number of amides is 3. The molecule has 8 heteroatoms. The Kier molecular flexibility index (Phi) is 8.45.